The van der Waals surface area contributed by atoms with Crippen molar-refractivity contribution < 1.29 is 14.1 Å². The Morgan fingerprint density at radius 1 is 1.39 bits per heavy atom. The van der Waals surface area contributed by atoms with Gasteiger partial charge >= 0.3 is 0 Å². The molecule has 0 saturated heterocycles. The second kappa shape index (κ2) is 4.87. The van der Waals surface area contributed by atoms with Gasteiger partial charge in [-0.3, -0.25) is 4.79 Å². The Hall–Kier alpha value is -2.76. The van der Waals surface area contributed by atoms with Gasteiger partial charge < -0.3 is 19.6 Å². The van der Waals surface area contributed by atoms with E-state index in [0.29, 0.717) is 11.6 Å². The molecule has 0 unspecified atom stereocenters. The molecule has 1 saturated carbocycles. The van der Waals surface area contributed by atoms with E-state index >= 15 is 0 Å². The second-order valence-electron chi connectivity index (χ2n) is 5.97. The number of fused-ring (bicyclic) bond motifs is 1. The number of anilines is 1. The zero-order valence-electron chi connectivity index (χ0n) is 13.0. The number of hydrogen-bond donors (Lipinski definition) is 2. The predicted molar refractivity (Wildman–Crippen MR) is 85.6 cm³/mol. The summed E-state index contributed by atoms with van der Waals surface area (Å²) in [7, 11) is 1.64. The van der Waals surface area contributed by atoms with Crippen LogP contribution in [0.3, 0.4) is 0 Å². The van der Waals surface area contributed by atoms with E-state index in [1.54, 1.807) is 20.1 Å². The van der Waals surface area contributed by atoms with E-state index in [-0.39, 0.29) is 5.91 Å². The number of carbonyl (C=O) groups is 1. The van der Waals surface area contributed by atoms with Crippen LogP contribution in [0.5, 0.6) is 5.75 Å². The van der Waals surface area contributed by atoms with Gasteiger partial charge in [-0.25, -0.2) is 0 Å². The number of aromatic nitrogens is 2. The van der Waals surface area contributed by atoms with Crippen molar-refractivity contribution in [1.29, 1.82) is 0 Å². The molecule has 2 aromatic heterocycles. The number of benzene rings is 1. The maximum atomic E-state index is 12.8. The Morgan fingerprint density at radius 2 is 2.22 bits per heavy atom. The molecule has 1 aromatic carbocycles. The average Bonchev–Trinajstić information content (AvgIpc) is 3.09. The highest BCUT2D eigenvalue weighted by Crippen LogP contribution is 2.51. The summed E-state index contributed by atoms with van der Waals surface area (Å²) in [6.45, 7) is 1.79. The number of carbonyl (C=O) groups excluding carboxylic acids is 1. The van der Waals surface area contributed by atoms with Crippen LogP contribution >= 0.6 is 0 Å². The molecular formula is C17H17N3O3. The highest BCUT2D eigenvalue weighted by molar-refractivity contribution is 6.04. The number of rotatable bonds is 4. The molecule has 1 aliphatic carbocycles. The maximum Gasteiger partial charge on any atom is 0.236 e. The zero-order chi connectivity index (χ0) is 16.0. The minimum atomic E-state index is -0.503. The van der Waals surface area contributed by atoms with Crippen LogP contribution in [0.25, 0.3) is 10.9 Å². The molecular weight excluding hydrogens is 294 g/mol. The lowest BCUT2D eigenvalue weighted by atomic mass is 9.94. The number of aromatic amines is 1. The molecule has 0 bridgehead atoms. The third kappa shape index (κ3) is 2.18. The molecule has 23 heavy (non-hydrogen) atoms. The van der Waals surface area contributed by atoms with Crippen molar-refractivity contribution in [3.8, 4) is 5.75 Å². The number of nitrogens with zero attached hydrogens (tertiary/aromatic N) is 1. The molecule has 0 atom stereocenters. The molecule has 2 N–H and O–H groups in total. The van der Waals surface area contributed by atoms with Gasteiger partial charge in [0.05, 0.1) is 12.5 Å². The lowest BCUT2D eigenvalue weighted by Gasteiger charge is -2.13. The third-order valence-electron chi connectivity index (χ3n) is 4.46. The molecule has 0 radical (unpaired) electrons. The summed E-state index contributed by atoms with van der Waals surface area (Å²) in [6.07, 6.45) is 3.56. The molecule has 1 aliphatic rings. The van der Waals surface area contributed by atoms with Crippen LogP contribution in [-0.4, -0.2) is 23.2 Å². The van der Waals surface area contributed by atoms with Gasteiger partial charge in [-0.05, 0) is 43.5 Å². The van der Waals surface area contributed by atoms with Crippen LogP contribution in [0, 0.1) is 6.92 Å². The number of ether oxygens (including phenoxy) is 1. The van der Waals surface area contributed by atoms with Crippen molar-refractivity contribution in [3.05, 3.63) is 41.8 Å². The molecule has 1 fully saturated rings. The first-order valence-corrected chi connectivity index (χ1v) is 7.53. The van der Waals surface area contributed by atoms with Gasteiger partial charge in [-0.15, -0.1) is 0 Å². The van der Waals surface area contributed by atoms with Crippen LogP contribution in [0.1, 0.15) is 24.2 Å². The Balaban J connectivity index is 1.70. The monoisotopic (exact) mass is 311 g/mol. The molecule has 1 amide bonds. The van der Waals surface area contributed by atoms with Gasteiger partial charge in [-0.2, -0.15) is 0 Å². The highest BCUT2D eigenvalue weighted by atomic mass is 16.5. The van der Waals surface area contributed by atoms with Crippen molar-refractivity contribution in [2.24, 2.45) is 0 Å². The van der Waals surface area contributed by atoms with E-state index < -0.39 is 5.41 Å². The first kappa shape index (κ1) is 13.9. The summed E-state index contributed by atoms with van der Waals surface area (Å²) in [6, 6.07) is 7.55. The fourth-order valence-corrected chi connectivity index (χ4v) is 3.03. The van der Waals surface area contributed by atoms with Crippen LogP contribution in [0.15, 0.2) is 35.0 Å². The van der Waals surface area contributed by atoms with Crippen LogP contribution in [0.4, 0.5) is 5.82 Å². The Kier molecular flexibility index (Phi) is 2.94. The highest BCUT2D eigenvalue weighted by Gasteiger charge is 2.52. The lowest BCUT2D eigenvalue weighted by molar-refractivity contribution is -0.118. The van der Waals surface area contributed by atoms with Gasteiger partial charge in [0.2, 0.25) is 5.91 Å². The molecule has 2 heterocycles. The van der Waals surface area contributed by atoms with Gasteiger partial charge in [0.1, 0.15) is 11.5 Å². The average molecular weight is 311 g/mol. The van der Waals surface area contributed by atoms with E-state index in [0.717, 1.165) is 35.1 Å². The molecule has 4 rings (SSSR count). The first-order chi connectivity index (χ1) is 11.1. The standard InChI is InChI=1S/C17H17N3O3/c1-10-7-15(20-23-10)19-16(21)17(5-6-17)13-9-18-14-4-3-11(22-2)8-12(13)14/h3-4,7-9,18H,5-6H2,1-2H3,(H,19,20,21). The predicted octanol–water partition coefficient (Wildman–Crippen LogP) is 3.14. The summed E-state index contributed by atoms with van der Waals surface area (Å²) in [5.74, 6) is 1.86. The number of aryl methyl sites for hydroxylation is 1. The van der Waals surface area contributed by atoms with Gasteiger partial charge in [0.25, 0.3) is 0 Å². The van der Waals surface area contributed by atoms with E-state index in [2.05, 4.69) is 15.5 Å². The van der Waals surface area contributed by atoms with Crippen molar-refractivity contribution in [3.63, 3.8) is 0 Å². The maximum absolute atomic E-state index is 12.8. The Labute approximate surface area is 132 Å². The van der Waals surface area contributed by atoms with E-state index in [4.69, 9.17) is 9.26 Å². The van der Waals surface area contributed by atoms with Crippen LogP contribution in [-0.2, 0) is 10.2 Å². The summed E-state index contributed by atoms with van der Waals surface area (Å²) in [5.41, 5.74) is 1.50. The number of hydrogen-bond acceptors (Lipinski definition) is 4. The van der Waals surface area contributed by atoms with E-state index in [1.165, 1.54) is 0 Å². The number of H-pyrrole nitrogens is 1. The fraction of sp³-hybridized carbons (Fsp3) is 0.294. The number of methoxy groups -OCH3 is 1. The molecule has 118 valence electrons. The minimum absolute atomic E-state index is 0.0467. The molecule has 6 heteroatoms. The number of nitrogens with one attached hydrogen (secondary N) is 2. The molecule has 0 aliphatic heterocycles. The number of amides is 1. The van der Waals surface area contributed by atoms with Gasteiger partial charge in [0, 0.05) is 23.2 Å². The minimum Gasteiger partial charge on any atom is -0.497 e. The first-order valence-electron chi connectivity index (χ1n) is 7.53. The normalized spacial score (nSPS) is 15.6. The van der Waals surface area contributed by atoms with Gasteiger partial charge in [0.15, 0.2) is 5.82 Å². The summed E-state index contributed by atoms with van der Waals surface area (Å²) < 4.78 is 10.3. The summed E-state index contributed by atoms with van der Waals surface area (Å²) >= 11 is 0. The third-order valence-corrected chi connectivity index (χ3v) is 4.46. The zero-order valence-corrected chi connectivity index (χ0v) is 13.0. The largest absolute Gasteiger partial charge is 0.497 e. The fourth-order valence-electron chi connectivity index (χ4n) is 3.03. The van der Waals surface area contributed by atoms with E-state index in [9.17, 15) is 4.79 Å². The Bertz CT molecular complexity index is 890. The van der Waals surface area contributed by atoms with E-state index in [1.807, 2.05) is 24.4 Å². The summed E-state index contributed by atoms with van der Waals surface area (Å²) in [4.78, 5) is 16.0. The Morgan fingerprint density at radius 3 is 2.87 bits per heavy atom. The SMILES string of the molecule is COc1ccc2[nH]cc(C3(C(=O)Nc4cc(C)on4)CC3)c2c1. The quantitative estimate of drug-likeness (QED) is 0.775. The second-order valence-corrected chi connectivity index (χ2v) is 5.97. The lowest BCUT2D eigenvalue weighted by Crippen LogP contribution is -2.27. The van der Waals surface area contributed by atoms with Crippen molar-refractivity contribution in [2.45, 2.75) is 25.2 Å². The smallest absolute Gasteiger partial charge is 0.236 e. The molecule has 6 nitrogen and oxygen atoms in total. The summed E-state index contributed by atoms with van der Waals surface area (Å²) in [5, 5.41) is 7.71. The molecule has 3 aromatic rings. The van der Waals surface area contributed by atoms with Gasteiger partial charge in [-0.1, -0.05) is 5.16 Å². The molecule has 0 spiro atoms. The van der Waals surface area contributed by atoms with Crippen molar-refractivity contribution in [1.82, 2.24) is 10.1 Å². The topological polar surface area (TPSA) is 80.2 Å². The van der Waals surface area contributed by atoms with Crippen LogP contribution < -0.4 is 10.1 Å². The van der Waals surface area contributed by atoms with Crippen LogP contribution in [0.2, 0.25) is 0 Å². The van der Waals surface area contributed by atoms with Crippen molar-refractivity contribution in [2.75, 3.05) is 12.4 Å². The van der Waals surface area contributed by atoms with Crippen molar-refractivity contribution >= 4 is 22.6 Å².